The van der Waals surface area contributed by atoms with E-state index >= 15 is 0 Å². The van der Waals surface area contributed by atoms with E-state index in [4.69, 9.17) is 7.85 Å². The fourth-order valence-electron chi connectivity index (χ4n) is 3.74. The van der Waals surface area contributed by atoms with Crippen LogP contribution in [0, 0.1) is 19.7 Å². The Morgan fingerprint density at radius 2 is 1.66 bits per heavy atom. The van der Waals surface area contributed by atoms with Gasteiger partial charge in [0.1, 0.15) is 19.5 Å². The van der Waals surface area contributed by atoms with Crippen molar-refractivity contribution in [3.8, 4) is 11.1 Å². The smallest absolute Gasteiger partial charge is 0.258 e. The number of pyridine rings is 1. The van der Waals surface area contributed by atoms with Crippen molar-refractivity contribution in [2.75, 3.05) is 10.6 Å². The zero-order valence-corrected chi connectivity index (χ0v) is 20.0. The Bertz CT molecular complexity index is 1440. The molecule has 0 spiro atoms. The lowest BCUT2D eigenvalue weighted by Gasteiger charge is -2.16. The van der Waals surface area contributed by atoms with E-state index in [1.165, 1.54) is 18.3 Å². The van der Waals surface area contributed by atoms with E-state index in [2.05, 4.69) is 28.2 Å². The molecule has 0 unspecified atom stereocenters. The van der Waals surface area contributed by atoms with Gasteiger partial charge in [-0.3, -0.25) is 9.59 Å². The predicted octanol–water partition coefficient (Wildman–Crippen LogP) is 5.09. The number of nitrogens with zero attached hydrogens (tertiary/aromatic N) is 1. The summed E-state index contributed by atoms with van der Waals surface area (Å²) in [6.45, 7) is 3.61. The molecule has 0 aliphatic heterocycles. The Balaban J connectivity index is 1.62. The third kappa shape index (κ3) is 5.44. The van der Waals surface area contributed by atoms with Gasteiger partial charge in [-0.1, -0.05) is 41.9 Å². The first kappa shape index (κ1) is 24.2. The van der Waals surface area contributed by atoms with Gasteiger partial charge in [0.05, 0.1) is 16.8 Å². The van der Waals surface area contributed by atoms with E-state index in [9.17, 15) is 14.0 Å². The van der Waals surface area contributed by atoms with Crippen LogP contribution in [0.1, 0.15) is 31.8 Å². The maximum atomic E-state index is 15.0. The lowest BCUT2D eigenvalue weighted by molar-refractivity contribution is 0.102. The highest BCUT2D eigenvalue weighted by molar-refractivity contribution is 7.80. The Morgan fingerprint density at radius 1 is 0.914 bits per heavy atom. The first-order valence-corrected chi connectivity index (χ1v) is 11.2. The van der Waals surface area contributed by atoms with Gasteiger partial charge in [0.25, 0.3) is 11.8 Å². The monoisotopic (exact) mass is 481 g/mol. The van der Waals surface area contributed by atoms with Crippen LogP contribution in [0.15, 0.2) is 77.8 Å². The third-order valence-electron chi connectivity index (χ3n) is 5.42. The molecule has 0 fully saturated rings. The summed E-state index contributed by atoms with van der Waals surface area (Å²) in [5.74, 6) is -1.50. The number of aromatic nitrogens is 1. The number of carbonyl (C=O) groups is 2. The topological polar surface area (TPSA) is 71.1 Å². The molecule has 0 atom stereocenters. The molecule has 5 nitrogen and oxygen atoms in total. The number of rotatable bonds is 5. The average molecular weight is 481 g/mol. The van der Waals surface area contributed by atoms with Gasteiger partial charge in [0.15, 0.2) is 0 Å². The van der Waals surface area contributed by atoms with Crippen LogP contribution < -0.4 is 16.1 Å². The van der Waals surface area contributed by atoms with Crippen LogP contribution in [-0.2, 0) is 0 Å². The molecule has 2 amide bonds. The highest BCUT2D eigenvalue weighted by Gasteiger charge is 2.20. The number of halogens is 1. The van der Waals surface area contributed by atoms with Gasteiger partial charge in [0, 0.05) is 11.1 Å². The van der Waals surface area contributed by atoms with Gasteiger partial charge in [0.2, 0.25) is 0 Å². The number of hydrogen-bond acceptors (Lipinski definition) is 4. The largest absolute Gasteiger partial charge is 0.321 e. The first-order valence-electron chi connectivity index (χ1n) is 10.8. The minimum Gasteiger partial charge on any atom is -0.321 e. The van der Waals surface area contributed by atoms with Crippen molar-refractivity contribution in [2.45, 2.75) is 18.7 Å². The van der Waals surface area contributed by atoms with Crippen molar-refractivity contribution in [1.29, 1.82) is 0 Å². The number of nitrogens with one attached hydrogen (secondary N) is 2. The van der Waals surface area contributed by atoms with E-state index in [1.807, 2.05) is 37.3 Å². The molecule has 0 saturated heterocycles. The van der Waals surface area contributed by atoms with E-state index in [1.54, 1.807) is 31.2 Å². The van der Waals surface area contributed by atoms with Gasteiger partial charge in [-0.25, -0.2) is 9.37 Å². The Labute approximate surface area is 209 Å². The molecular formula is C27H21BFN3O2S. The minimum absolute atomic E-state index is 0.142. The normalized spacial score (nSPS) is 10.6. The van der Waals surface area contributed by atoms with Gasteiger partial charge < -0.3 is 10.6 Å². The molecule has 8 heteroatoms. The zero-order chi connectivity index (χ0) is 25.1. The lowest BCUT2D eigenvalue weighted by Crippen LogP contribution is -2.21. The molecule has 4 aromatic rings. The van der Waals surface area contributed by atoms with Crippen molar-refractivity contribution in [1.82, 2.24) is 4.98 Å². The fourth-order valence-corrected chi connectivity index (χ4v) is 4.03. The van der Waals surface area contributed by atoms with Crippen LogP contribution in [0.25, 0.3) is 11.1 Å². The molecule has 4 rings (SSSR count). The van der Waals surface area contributed by atoms with E-state index in [0.717, 1.165) is 11.1 Å². The molecule has 2 N–H and O–H groups in total. The Kier molecular flexibility index (Phi) is 7.03. The SMILES string of the molecule is [B]c1ccc(NC(=O)c2cc(C)cc(C)c2NC(=O)c2ccc(-c3ccccc3S)cc2F)nc1. The van der Waals surface area contributed by atoms with Crippen molar-refractivity contribution >= 4 is 49.3 Å². The maximum Gasteiger partial charge on any atom is 0.258 e. The van der Waals surface area contributed by atoms with Crippen molar-refractivity contribution in [3.63, 3.8) is 0 Å². The zero-order valence-electron chi connectivity index (χ0n) is 19.1. The summed E-state index contributed by atoms with van der Waals surface area (Å²) >= 11 is 4.42. The Morgan fingerprint density at radius 3 is 2.34 bits per heavy atom. The van der Waals surface area contributed by atoms with Crippen LogP contribution in [0.2, 0.25) is 0 Å². The van der Waals surface area contributed by atoms with Crippen molar-refractivity contribution < 1.29 is 14.0 Å². The Hall–Kier alpha value is -3.91. The van der Waals surface area contributed by atoms with E-state index in [-0.39, 0.29) is 16.8 Å². The van der Waals surface area contributed by atoms with Crippen LogP contribution in [-0.4, -0.2) is 24.6 Å². The maximum absolute atomic E-state index is 15.0. The summed E-state index contributed by atoms with van der Waals surface area (Å²) < 4.78 is 15.0. The second-order valence-corrected chi connectivity index (χ2v) is 8.58. The number of carbonyl (C=O) groups excluding carboxylic acids is 2. The number of hydrogen-bond donors (Lipinski definition) is 3. The number of thiol groups is 1. The molecule has 1 heterocycles. The van der Waals surface area contributed by atoms with Gasteiger partial charge in [-0.2, -0.15) is 0 Å². The van der Waals surface area contributed by atoms with Crippen LogP contribution in [0.3, 0.4) is 0 Å². The van der Waals surface area contributed by atoms with Crippen molar-refractivity contribution in [3.05, 3.63) is 101 Å². The number of aryl methyl sites for hydroxylation is 2. The second kappa shape index (κ2) is 10.2. The molecule has 0 bridgehead atoms. The van der Waals surface area contributed by atoms with Crippen LogP contribution in [0.5, 0.6) is 0 Å². The average Bonchev–Trinajstić information content (AvgIpc) is 2.82. The molecule has 0 aliphatic rings. The second-order valence-electron chi connectivity index (χ2n) is 8.10. The standard InChI is InChI=1S/C27H21BFN3O2S/c1-15-11-16(2)25(21(12-15)27(34)31-24-10-8-18(28)14-30-24)32-26(33)20-9-7-17(13-22(20)29)19-5-3-4-6-23(19)35/h3-14,35H,1-2H3,(H,32,33)(H,30,31,34). The molecule has 172 valence electrons. The van der Waals surface area contributed by atoms with Gasteiger partial charge >= 0.3 is 0 Å². The van der Waals surface area contributed by atoms with Gasteiger partial charge in [-0.15, -0.1) is 12.6 Å². The lowest BCUT2D eigenvalue weighted by atomic mass is 9.99. The van der Waals surface area contributed by atoms with Crippen LogP contribution in [0.4, 0.5) is 15.9 Å². The van der Waals surface area contributed by atoms with Gasteiger partial charge in [-0.05, 0) is 66.4 Å². The fraction of sp³-hybridized carbons (Fsp3) is 0.0741. The highest BCUT2D eigenvalue weighted by atomic mass is 32.1. The summed E-state index contributed by atoms with van der Waals surface area (Å²) in [5, 5.41) is 5.41. The highest BCUT2D eigenvalue weighted by Crippen LogP contribution is 2.29. The molecule has 35 heavy (non-hydrogen) atoms. The summed E-state index contributed by atoms with van der Waals surface area (Å²) in [5.41, 5.74) is 3.70. The summed E-state index contributed by atoms with van der Waals surface area (Å²) in [7, 11) is 5.65. The molecule has 0 saturated carbocycles. The van der Waals surface area contributed by atoms with E-state index < -0.39 is 17.6 Å². The molecule has 1 aromatic heterocycles. The molecule has 3 aromatic carbocycles. The molecule has 2 radical (unpaired) electrons. The summed E-state index contributed by atoms with van der Waals surface area (Å²) in [4.78, 5) is 30.8. The third-order valence-corrected chi connectivity index (χ3v) is 5.81. The van der Waals surface area contributed by atoms with Crippen LogP contribution >= 0.6 is 12.6 Å². The number of anilines is 2. The minimum atomic E-state index is -0.682. The predicted molar refractivity (Wildman–Crippen MR) is 141 cm³/mol. The summed E-state index contributed by atoms with van der Waals surface area (Å²) in [6, 6.07) is 18.4. The number of amides is 2. The molecule has 0 aliphatic carbocycles. The number of benzene rings is 3. The quantitative estimate of drug-likeness (QED) is 0.275. The van der Waals surface area contributed by atoms with E-state index in [0.29, 0.717) is 27.3 Å². The molecular weight excluding hydrogens is 460 g/mol. The van der Waals surface area contributed by atoms with Crippen molar-refractivity contribution in [2.24, 2.45) is 0 Å². The first-order chi connectivity index (χ1) is 16.7. The summed E-state index contributed by atoms with van der Waals surface area (Å²) in [6.07, 6.45) is 1.43.